The summed E-state index contributed by atoms with van der Waals surface area (Å²) in [5.74, 6) is 0.678. The molecule has 4 rings (SSSR count). The van der Waals surface area contributed by atoms with E-state index < -0.39 is 11.7 Å². The first-order valence-corrected chi connectivity index (χ1v) is 7.90. The molecule has 0 radical (unpaired) electrons. The Morgan fingerprint density at radius 2 is 1.96 bits per heavy atom. The molecule has 4 aromatic rings. The van der Waals surface area contributed by atoms with Crippen molar-refractivity contribution in [3.63, 3.8) is 0 Å². The lowest BCUT2D eigenvalue weighted by Crippen LogP contribution is -2.08. The number of rotatable bonds is 4. The molecule has 0 bridgehead atoms. The Morgan fingerprint density at radius 1 is 1.11 bits per heavy atom. The summed E-state index contributed by atoms with van der Waals surface area (Å²) in [4.78, 5) is 3.81. The van der Waals surface area contributed by atoms with E-state index in [1.165, 1.54) is 23.4 Å². The number of hydrogen-bond acceptors (Lipinski definition) is 5. The number of fused-ring (bicyclic) bond motifs is 1. The molecule has 0 aliphatic rings. The lowest BCUT2D eigenvalue weighted by atomic mass is 10.1. The van der Waals surface area contributed by atoms with E-state index in [-0.39, 0.29) is 12.3 Å². The quantitative estimate of drug-likeness (QED) is 0.547. The highest BCUT2D eigenvalue weighted by Gasteiger charge is 2.31. The molecule has 0 aliphatic carbocycles. The van der Waals surface area contributed by atoms with Crippen molar-refractivity contribution in [2.45, 2.75) is 12.7 Å². The molecule has 0 aliphatic heterocycles. The second-order valence-electron chi connectivity index (χ2n) is 5.85. The molecule has 7 nitrogen and oxygen atoms in total. The summed E-state index contributed by atoms with van der Waals surface area (Å²) in [6, 6.07) is 8.61. The van der Waals surface area contributed by atoms with Crippen LogP contribution in [-0.2, 0) is 19.8 Å². The number of ether oxygens (including phenoxy) is 1. The molecule has 138 valence electrons. The van der Waals surface area contributed by atoms with Crippen molar-refractivity contribution in [2.24, 2.45) is 7.05 Å². The lowest BCUT2D eigenvalue weighted by molar-refractivity contribution is -0.137. The van der Waals surface area contributed by atoms with Gasteiger partial charge in [-0.25, -0.2) is 14.3 Å². The molecule has 2 aromatic carbocycles. The molecule has 0 N–H and O–H groups in total. The van der Waals surface area contributed by atoms with Crippen LogP contribution in [0.1, 0.15) is 11.1 Å². The van der Waals surface area contributed by atoms with Crippen LogP contribution in [0.25, 0.3) is 11.0 Å². The van der Waals surface area contributed by atoms with Gasteiger partial charge in [0.1, 0.15) is 18.4 Å². The minimum atomic E-state index is -4.46. The number of benzene rings is 2. The second-order valence-corrected chi connectivity index (χ2v) is 5.85. The van der Waals surface area contributed by atoms with Crippen molar-refractivity contribution in [1.82, 2.24) is 29.8 Å². The van der Waals surface area contributed by atoms with E-state index in [9.17, 15) is 13.2 Å². The highest BCUT2D eigenvalue weighted by Crippen LogP contribution is 2.35. The highest BCUT2D eigenvalue weighted by atomic mass is 19.4. The van der Waals surface area contributed by atoms with Crippen LogP contribution in [0.2, 0.25) is 0 Å². The Labute approximate surface area is 151 Å². The fraction of sp³-hybridized carbons (Fsp3) is 0.176. The lowest BCUT2D eigenvalue weighted by Gasteiger charge is -2.14. The van der Waals surface area contributed by atoms with E-state index in [1.54, 1.807) is 23.9 Å². The summed E-state index contributed by atoms with van der Waals surface area (Å²) in [6.45, 7) is 0.0791. The van der Waals surface area contributed by atoms with Crippen molar-refractivity contribution in [1.29, 1.82) is 0 Å². The molecule has 0 fully saturated rings. The maximum Gasteiger partial charge on any atom is 0.416 e. The van der Waals surface area contributed by atoms with Gasteiger partial charge in [0.05, 0.1) is 17.6 Å². The Hall–Kier alpha value is -3.43. The van der Waals surface area contributed by atoms with Crippen LogP contribution in [0.4, 0.5) is 13.2 Å². The molecule has 27 heavy (non-hydrogen) atoms. The van der Waals surface area contributed by atoms with Gasteiger partial charge in [-0.15, -0.1) is 5.10 Å². The van der Waals surface area contributed by atoms with Gasteiger partial charge in [-0.05, 0) is 30.3 Å². The monoisotopic (exact) mass is 374 g/mol. The fourth-order valence-electron chi connectivity index (χ4n) is 2.70. The van der Waals surface area contributed by atoms with Gasteiger partial charge in [-0.2, -0.15) is 18.3 Å². The SMILES string of the molecule is Cn1nnc2c(Oc3ccc(C(F)(F)F)cc3Cn3cncn3)cccc21. The van der Waals surface area contributed by atoms with Gasteiger partial charge in [0, 0.05) is 12.6 Å². The van der Waals surface area contributed by atoms with Crippen molar-refractivity contribution >= 4 is 11.0 Å². The number of alkyl halides is 3. The summed E-state index contributed by atoms with van der Waals surface area (Å²) in [7, 11) is 1.74. The Morgan fingerprint density at radius 3 is 2.70 bits per heavy atom. The first-order valence-electron chi connectivity index (χ1n) is 7.90. The maximum absolute atomic E-state index is 13.1. The van der Waals surface area contributed by atoms with Gasteiger partial charge >= 0.3 is 6.18 Å². The molecule has 10 heteroatoms. The zero-order valence-electron chi connectivity index (χ0n) is 14.1. The van der Waals surface area contributed by atoms with Gasteiger partial charge < -0.3 is 4.74 Å². The third-order valence-electron chi connectivity index (χ3n) is 4.01. The van der Waals surface area contributed by atoms with E-state index >= 15 is 0 Å². The van der Waals surface area contributed by atoms with Gasteiger partial charge in [-0.3, -0.25) is 0 Å². The predicted octanol–water partition coefficient (Wildman–Crippen LogP) is 3.42. The van der Waals surface area contributed by atoms with Crippen LogP contribution in [0, 0.1) is 0 Å². The summed E-state index contributed by atoms with van der Waals surface area (Å²) in [5.41, 5.74) is 0.822. The third kappa shape index (κ3) is 3.33. The smallest absolute Gasteiger partial charge is 0.416 e. The van der Waals surface area contributed by atoms with Crippen LogP contribution >= 0.6 is 0 Å². The average molecular weight is 374 g/mol. The first-order chi connectivity index (χ1) is 12.9. The van der Waals surface area contributed by atoms with Gasteiger partial charge in [0.2, 0.25) is 0 Å². The molecule has 0 spiro atoms. The summed E-state index contributed by atoms with van der Waals surface area (Å²) >= 11 is 0. The van der Waals surface area contributed by atoms with Crippen LogP contribution in [0.5, 0.6) is 11.5 Å². The fourth-order valence-corrected chi connectivity index (χ4v) is 2.70. The van der Waals surface area contributed by atoms with Crippen LogP contribution in [0.15, 0.2) is 49.1 Å². The minimum absolute atomic E-state index is 0.0791. The van der Waals surface area contributed by atoms with E-state index in [0.717, 1.165) is 17.6 Å². The zero-order valence-corrected chi connectivity index (χ0v) is 14.1. The summed E-state index contributed by atoms with van der Waals surface area (Å²) in [5, 5.41) is 11.9. The van der Waals surface area contributed by atoms with E-state index in [0.29, 0.717) is 16.8 Å². The highest BCUT2D eigenvalue weighted by molar-refractivity contribution is 5.81. The largest absolute Gasteiger partial charge is 0.455 e. The van der Waals surface area contributed by atoms with E-state index in [4.69, 9.17) is 4.74 Å². The van der Waals surface area contributed by atoms with Crippen molar-refractivity contribution in [3.8, 4) is 11.5 Å². The minimum Gasteiger partial charge on any atom is -0.455 e. The summed E-state index contributed by atoms with van der Waals surface area (Å²) < 4.78 is 48.3. The van der Waals surface area contributed by atoms with Crippen LogP contribution in [-0.4, -0.2) is 29.8 Å². The van der Waals surface area contributed by atoms with Gasteiger partial charge in [0.15, 0.2) is 11.3 Å². The van der Waals surface area contributed by atoms with Crippen LogP contribution < -0.4 is 4.74 Å². The normalized spacial score (nSPS) is 11.9. The second kappa shape index (κ2) is 6.38. The number of halogens is 3. The molecule has 0 saturated carbocycles. The number of aryl methyl sites for hydroxylation is 1. The Balaban J connectivity index is 1.76. The molecular formula is C17H13F3N6O. The van der Waals surface area contributed by atoms with Crippen molar-refractivity contribution in [2.75, 3.05) is 0 Å². The Bertz CT molecular complexity index is 1090. The molecular weight excluding hydrogens is 361 g/mol. The van der Waals surface area contributed by atoms with E-state index in [1.807, 2.05) is 6.07 Å². The van der Waals surface area contributed by atoms with Crippen molar-refractivity contribution in [3.05, 3.63) is 60.2 Å². The number of aromatic nitrogens is 6. The van der Waals surface area contributed by atoms with Gasteiger partial charge in [-0.1, -0.05) is 11.3 Å². The molecule has 0 atom stereocenters. The van der Waals surface area contributed by atoms with Crippen molar-refractivity contribution < 1.29 is 17.9 Å². The standard InChI is InChI=1S/C17H13F3N6O/c1-25-13-3-2-4-15(16(13)23-24-25)27-14-6-5-12(17(18,19)20)7-11(14)8-26-10-21-9-22-26/h2-7,9-10H,8H2,1H3. The summed E-state index contributed by atoms with van der Waals surface area (Å²) in [6.07, 6.45) is -1.72. The molecule has 2 heterocycles. The predicted molar refractivity (Wildman–Crippen MR) is 89.2 cm³/mol. The Kier molecular flexibility index (Phi) is 4.02. The number of hydrogen-bond donors (Lipinski definition) is 0. The molecule has 0 amide bonds. The topological polar surface area (TPSA) is 70.7 Å². The first kappa shape index (κ1) is 17.0. The maximum atomic E-state index is 13.1. The zero-order chi connectivity index (χ0) is 19.0. The van der Waals surface area contributed by atoms with E-state index in [2.05, 4.69) is 20.4 Å². The molecule has 0 unspecified atom stereocenters. The molecule has 0 saturated heterocycles. The average Bonchev–Trinajstić information content (AvgIpc) is 3.26. The third-order valence-corrected chi connectivity index (χ3v) is 4.01. The van der Waals surface area contributed by atoms with Gasteiger partial charge in [0.25, 0.3) is 0 Å². The number of nitrogens with zero attached hydrogens (tertiary/aromatic N) is 6. The molecule has 2 aromatic heterocycles. The van der Waals surface area contributed by atoms with Crippen LogP contribution in [0.3, 0.4) is 0 Å².